The first-order valence-corrected chi connectivity index (χ1v) is 9.32. The summed E-state index contributed by atoms with van der Waals surface area (Å²) < 4.78 is 7.59. The van der Waals surface area contributed by atoms with E-state index in [4.69, 9.17) is 4.52 Å². The van der Waals surface area contributed by atoms with Crippen LogP contribution < -0.4 is 0 Å². The average Bonchev–Trinajstić information content (AvgIpc) is 3.25. The molecule has 136 valence electrons. The molecule has 25 heavy (non-hydrogen) atoms. The Kier molecular flexibility index (Phi) is 4.56. The van der Waals surface area contributed by atoms with Crippen LogP contribution in [0, 0.1) is 0 Å². The summed E-state index contributed by atoms with van der Waals surface area (Å²) in [5, 5.41) is 12.8. The van der Waals surface area contributed by atoms with Gasteiger partial charge in [0.15, 0.2) is 5.82 Å². The highest BCUT2D eigenvalue weighted by atomic mass is 16.5. The number of rotatable bonds is 6. The molecule has 4 rings (SSSR count). The van der Waals surface area contributed by atoms with Gasteiger partial charge in [-0.2, -0.15) is 4.98 Å². The summed E-state index contributed by atoms with van der Waals surface area (Å²) in [6.07, 6.45) is 3.33. The molecule has 0 aromatic carbocycles. The van der Waals surface area contributed by atoms with Gasteiger partial charge in [0.2, 0.25) is 5.89 Å². The van der Waals surface area contributed by atoms with Crippen LogP contribution in [0.2, 0.25) is 0 Å². The van der Waals surface area contributed by atoms with E-state index in [1.54, 1.807) is 0 Å². The summed E-state index contributed by atoms with van der Waals surface area (Å²) in [4.78, 5) is 9.34. The minimum absolute atomic E-state index is 0.172. The molecule has 0 bridgehead atoms. The van der Waals surface area contributed by atoms with Crippen molar-refractivity contribution in [1.82, 2.24) is 34.7 Å². The van der Waals surface area contributed by atoms with Gasteiger partial charge in [0, 0.05) is 45.6 Å². The largest absolute Gasteiger partial charge is 0.338 e. The topological polar surface area (TPSA) is 76.1 Å². The zero-order valence-electron chi connectivity index (χ0n) is 15.4. The lowest BCUT2D eigenvalue weighted by Crippen LogP contribution is -2.47. The van der Waals surface area contributed by atoms with E-state index in [1.807, 2.05) is 6.92 Å². The fraction of sp³-hybridized carbons (Fsp3) is 0.765. The van der Waals surface area contributed by atoms with Crippen molar-refractivity contribution >= 4 is 0 Å². The molecule has 1 saturated carbocycles. The number of hydrogen-bond acceptors (Lipinski definition) is 7. The van der Waals surface area contributed by atoms with Crippen LogP contribution in [0.15, 0.2) is 4.52 Å². The van der Waals surface area contributed by atoms with Crippen molar-refractivity contribution in [2.75, 3.05) is 26.2 Å². The Morgan fingerprint density at radius 3 is 2.56 bits per heavy atom. The van der Waals surface area contributed by atoms with Crippen molar-refractivity contribution in [3.05, 3.63) is 23.4 Å². The van der Waals surface area contributed by atoms with Crippen LogP contribution >= 0.6 is 0 Å². The molecule has 2 aromatic heterocycles. The lowest BCUT2D eigenvalue weighted by atomic mass is 10.2. The first-order chi connectivity index (χ1) is 12.2. The molecule has 1 aliphatic heterocycles. The summed E-state index contributed by atoms with van der Waals surface area (Å²) in [6, 6.07) is 0.172. The zero-order valence-corrected chi connectivity index (χ0v) is 15.4. The Labute approximate surface area is 148 Å². The fourth-order valence-electron chi connectivity index (χ4n) is 3.46. The van der Waals surface area contributed by atoms with E-state index in [2.05, 4.69) is 48.7 Å². The molecule has 3 heterocycles. The van der Waals surface area contributed by atoms with Crippen molar-refractivity contribution in [3.8, 4) is 0 Å². The second-order valence-corrected chi connectivity index (χ2v) is 7.20. The Balaban J connectivity index is 1.32. The van der Waals surface area contributed by atoms with Crippen molar-refractivity contribution < 1.29 is 4.52 Å². The minimum Gasteiger partial charge on any atom is -0.338 e. The Hall–Kier alpha value is -1.80. The number of piperazine rings is 1. The van der Waals surface area contributed by atoms with E-state index in [0.29, 0.717) is 5.92 Å². The number of hydrogen-bond donors (Lipinski definition) is 0. The summed E-state index contributed by atoms with van der Waals surface area (Å²) in [7, 11) is 2.10. The molecular formula is C17H27N7O. The van der Waals surface area contributed by atoms with Crippen LogP contribution in [0.4, 0.5) is 0 Å². The highest BCUT2D eigenvalue weighted by Gasteiger charge is 2.30. The molecule has 0 N–H and O–H groups in total. The molecule has 1 saturated heterocycles. The maximum absolute atomic E-state index is 5.40. The minimum atomic E-state index is 0.172. The fourth-order valence-corrected chi connectivity index (χ4v) is 3.46. The second kappa shape index (κ2) is 6.84. The molecule has 0 spiro atoms. The van der Waals surface area contributed by atoms with Crippen molar-refractivity contribution in [1.29, 1.82) is 0 Å². The van der Waals surface area contributed by atoms with Crippen LogP contribution in [0.1, 0.15) is 62.0 Å². The first kappa shape index (κ1) is 16.7. The number of aromatic nitrogens is 5. The summed E-state index contributed by atoms with van der Waals surface area (Å²) in [5.41, 5.74) is 0. The Morgan fingerprint density at radius 2 is 1.92 bits per heavy atom. The smallest absolute Gasteiger partial charge is 0.243 e. The molecule has 8 heteroatoms. The van der Waals surface area contributed by atoms with Crippen LogP contribution in [0.3, 0.4) is 0 Å². The van der Waals surface area contributed by atoms with Gasteiger partial charge in [-0.15, -0.1) is 10.2 Å². The van der Waals surface area contributed by atoms with Crippen LogP contribution in [0.5, 0.6) is 0 Å². The highest BCUT2D eigenvalue weighted by Crippen LogP contribution is 2.38. The van der Waals surface area contributed by atoms with Gasteiger partial charge < -0.3 is 9.09 Å². The predicted molar refractivity (Wildman–Crippen MR) is 91.9 cm³/mol. The second-order valence-electron chi connectivity index (χ2n) is 7.20. The van der Waals surface area contributed by atoms with E-state index in [-0.39, 0.29) is 6.04 Å². The summed E-state index contributed by atoms with van der Waals surface area (Å²) in [5.74, 6) is 4.39. The van der Waals surface area contributed by atoms with Crippen LogP contribution in [0.25, 0.3) is 0 Å². The third-order valence-corrected chi connectivity index (χ3v) is 5.42. The van der Waals surface area contributed by atoms with Gasteiger partial charge in [0.05, 0.1) is 12.6 Å². The van der Waals surface area contributed by atoms with Crippen molar-refractivity contribution in [3.63, 3.8) is 0 Å². The quantitative estimate of drug-likeness (QED) is 0.785. The molecule has 0 amide bonds. The van der Waals surface area contributed by atoms with E-state index in [0.717, 1.165) is 62.5 Å². The third kappa shape index (κ3) is 3.46. The Morgan fingerprint density at radius 1 is 1.16 bits per heavy atom. The highest BCUT2D eigenvalue weighted by molar-refractivity contribution is 5.07. The molecule has 2 aliphatic rings. The van der Waals surface area contributed by atoms with Gasteiger partial charge in [-0.1, -0.05) is 12.1 Å². The molecule has 2 aromatic rings. The molecular weight excluding hydrogens is 318 g/mol. The SMILES string of the molecule is CCc1noc(C(C)N2CCN(Cc3nnc(C4CC4)n3C)CC2)n1. The maximum atomic E-state index is 5.40. The van der Waals surface area contributed by atoms with Gasteiger partial charge in [-0.3, -0.25) is 9.80 Å². The molecule has 8 nitrogen and oxygen atoms in total. The van der Waals surface area contributed by atoms with Crippen LogP contribution in [-0.2, 0) is 20.0 Å². The van der Waals surface area contributed by atoms with E-state index in [9.17, 15) is 0 Å². The zero-order chi connectivity index (χ0) is 17.4. The van der Waals surface area contributed by atoms with Crippen molar-refractivity contribution in [2.24, 2.45) is 7.05 Å². The Bertz CT molecular complexity index is 712. The number of aryl methyl sites for hydroxylation is 1. The standard InChI is InChI=1S/C17H27N7O/c1-4-14-18-17(25-21-14)12(2)24-9-7-23(8-10-24)11-15-19-20-16(22(15)3)13-5-6-13/h12-13H,4-11H2,1-3H3. The molecule has 0 radical (unpaired) electrons. The lowest BCUT2D eigenvalue weighted by Gasteiger charge is -2.36. The first-order valence-electron chi connectivity index (χ1n) is 9.32. The average molecular weight is 345 g/mol. The van der Waals surface area contributed by atoms with Gasteiger partial charge in [-0.05, 0) is 19.8 Å². The molecule has 1 unspecified atom stereocenters. The molecule has 1 aliphatic carbocycles. The number of nitrogens with zero attached hydrogens (tertiary/aromatic N) is 7. The van der Waals surface area contributed by atoms with Gasteiger partial charge in [-0.25, -0.2) is 0 Å². The van der Waals surface area contributed by atoms with Crippen molar-refractivity contribution in [2.45, 2.75) is 51.6 Å². The van der Waals surface area contributed by atoms with Gasteiger partial charge in [0.1, 0.15) is 11.6 Å². The lowest BCUT2D eigenvalue weighted by molar-refractivity contribution is 0.0826. The van der Waals surface area contributed by atoms with E-state index >= 15 is 0 Å². The van der Waals surface area contributed by atoms with Crippen LogP contribution in [-0.4, -0.2) is 60.9 Å². The normalized spacial score (nSPS) is 20.9. The summed E-state index contributed by atoms with van der Waals surface area (Å²) in [6.45, 7) is 9.09. The van der Waals surface area contributed by atoms with Gasteiger partial charge in [0.25, 0.3) is 0 Å². The molecule has 1 atom stereocenters. The van der Waals surface area contributed by atoms with E-state index in [1.165, 1.54) is 12.8 Å². The third-order valence-electron chi connectivity index (χ3n) is 5.42. The van der Waals surface area contributed by atoms with Gasteiger partial charge >= 0.3 is 0 Å². The summed E-state index contributed by atoms with van der Waals surface area (Å²) >= 11 is 0. The monoisotopic (exact) mass is 345 g/mol. The molecule has 2 fully saturated rings. The maximum Gasteiger partial charge on any atom is 0.243 e. The predicted octanol–water partition coefficient (Wildman–Crippen LogP) is 1.52. The van der Waals surface area contributed by atoms with E-state index < -0.39 is 0 Å².